The first-order valence-corrected chi connectivity index (χ1v) is 10.3. The van der Waals surface area contributed by atoms with Gasteiger partial charge in [0.2, 0.25) is 11.8 Å². The first-order valence-electron chi connectivity index (χ1n) is 9.44. The fourth-order valence-electron chi connectivity index (χ4n) is 4.60. The Morgan fingerprint density at radius 2 is 1.96 bits per heavy atom. The molecule has 0 aromatic carbocycles. The van der Waals surface area contributed by atoms with Crippen molar-refractivity contribution in [3.63, 3.8) is 0 Å². The quantitative estimate of drug-likeness (QED) is 0.857. The van der Waals surface area contributed by atoms with Gasteiger partial charge < -0.3 is 15.1 Å². The average molecular weight is 375 g/mol. The van der Waals surface area contributed by atoms with Gasteiger partial charge in [0.1, 0.15) is 0 Å². The molecule has 3 fully saturated rings. The number of nitrogens with zero attached hydrogens (tertiary/aromatic N) is 2. The van der Waals surface area contributed by atoms with E-state index < -0.39 is 5.41 Å². The highest BCUT2D eigenvalue weighted by atomic mass is 32.1. The van der Waals surface area contributed by atoms with Crippen LogP contribution in [0.5, 0.6) is 0 Å². The maximum absolute atomic E-state index is 13.4. The number of carbonyl (C=O) groups excluding carboxylic acids is 3. The summed E-state index contributed by atoms with van der Waals surface area (Å²) in [5, 5.41) is 3.05. The highest BCUT2D eigenvalue weighted by Gasteiger charge is 2.54. The van der Waals surface area contributed by atoms with Crippen LogP contribution in [0.2, 0.25) is 0 Å². The van der Waals surface area contributed by atoms with E-state index in [4.69, 9.17) is 0 Å². The van der Waals surface area contributed by atoms with Crippen LogP contribution in [0.1, 0.15) is 46.7 Å². The minimum atomic E-state index is -0.668. The third-order valence-corrected chi connectivity index (χ3v) is 7.01. The van der Waals surface area contributed by atoms with Crippen LogP contribution in [0.25, 0.3) is 0 Å². The monoisotopic (exact) mass is 375 g/mol. The summed E-state index contributed by atoms with van der Waals surface area (Å²) in [5.41, 5.74) is -0.668. The van der Waals surface area contributed by atoms with E-state index in [0.29, 0.717) is 32.4 Å². The van der Waals surface area contributed by atoms with Crippen LogP contribution in [0.4, 0.5) is 0 Å². The Kier molecular flexibility index (Phi) is 4.50. The first kappa shape index (κ1) is 17.5. The first-order chi connectivity index (χ1) is 12.5. The number of rotatable bonds is 2. The molecular formula is C19H25N3O3S. The predicted octanol–water partition coefficient (Wildman–Crippen LogP) is 1.79. The predicted molar refractivity (Wildman–Crippen MR) is 99.0 cm³/mol. The second-order valence-electron chi connectivity index (χ2n) is 7.70. The van der Waals surface area contributed by atoms with Gasteiger partial charge in [-0.1, -0.05) is 0 Å². The molecule has 4 heterocycles. The Hall–Kier alpha value is -1.89. The fraction of sp³-hybridized carbons (Fsp3) is 0.632. The van der Waals surface area contributed by atoms with Crippen molar-refractivity contribution in [1.82, 2.24) is 15.1 Å². The summed E-state index contributed by atoms with van der Waals surface area (Å²) in [6.07, 6.45) is 3.61. The molecule has 1 aromatic heterocycles. The lowest BCUT2D eigenvalue weighted by Crippen LogP contribution is -2.67. The normalized spacial score (nSPS) is 28.7. The minimum absolute atomic E-state index is 0.00652. The third-order valence-electron chi connectivity index (χ3n) is 6.02. The van der Waals surface area contributed by atoms with Crippen molar-refractivity contribution < 1.29 is 14.4 Å². The van der Waals surface area contributed by atoms with E-state index in [1.807, 2.05) is 28.9 Å². The lowest BCUT2D eigenvalue weighted by atomic mass is 9.69. The molecule has 3 aliphatic rings. The van der Waals surface area contributed by atoms with Crippen LogP contribution >= 0.6 is 11.3 Å². The Labute approximate surface area is 157 Å². The zero-order chi connectivity index (χ0) is 18.3. The van der Waals surface area contributed by atoms with Crippen LogP contribution in [-0.4, -0.2) is 59.7 Å². The number of thiophene rings is 1. The molecule has 0 saturated carbocycles. The minimum Gasteiger partial charge on any atom is -0.352 e. The zero-order valence-electron chi connectivity index (χ0n) is 15.1. The maximum Gasteiger partial charge on any atom is 0.263 e. The molecule has 7 heteroatoms. The molecule has 2 atom stereocenters. The van der Waals surface area contributed by atoms with Crippen LogP contribution in [-0.2, 0) is 9.59 Å². The Morgan fingerprint density at radius 3 is 2.65 bits per heavy atom. The van der Waals surface area contributed by atoms with Gasteiger partial charge in [0.05, 0.1) is 10.3 Å². The third kappa shape index (κ3) is 2.92. The van der Waals surface area contributed by atoms with E-state index in [1.54, 1.807) is 0 Å². The number of carbonyl (C=O) groups is 3. The molecule has 0 radical (unpaired) electrons. The number of hydrogen-bond acceptors (Lipinski definition) is 4. The largest absolute Gasteiger partial charge is 0.352 e. The van der Waals surface area contributed by atoms with Gasteiger partial charge in [-0.25, -0.2) is 0 Å². The Bertz CT molecular complexity index is 740. The molecule has 3 aliphatic heterocycles. The number of piperidine rings is 2. The van der Waals surface area contributed by atoms with E-state index in [1.165, 1.54) is 11.3 Å². The van der Waals surface area contributed by atoms with Gasteiger partial charge in [-0.2, -0.15) is 0 Å². The van der Waals surface area contributed by atoms with Crippen LogP contribution < -0.4 is 5.32 Å². The second kappa shape index (κ2) is 6.68. The Morgan fingerprint density at radius 1 is 1.19 bits per heavy atom. The SMILES string of the molecule is Cc1ccc(C(=O)N2CC[C@H]3NC(=O)CC[C@]3(C(=O)N3CCCC3)C2)s1. The van der Waals surface area contributed by atoms with Crippen molar-refractivity contribution in [2.45, 2.75) is 45.1 Å². The highest BCUT2D eigenvalue weighted by Crippen LogP contribution is 2.41. The van der Waals surface area contributed by atoms with Crippen molar-refractivity contribution in [1.29, 1.82) is 0 Å². The van der Waals surface area contributed by atoms with Gasteiger partial charge in [-0.3, -0.25) is 14.4 Å². The van der Waals surface area contributed by atoms with Crippen molar-refractivity contribution in [2.75, 3.05) is 26.2 Å². The molecule has 0 spiro atoms. The summed E-state index contributed by atoms with van der Waals surface area (Å²) in [6, 6.07) is 3.66. The van der Waals surface area contributed by atoms with Crippen molar-refractivity contribution in [3.05, 3.63) is 21.9 Å². The lowest BCUT2D eigenvalue weighted by Gasteiger charge is -2.50. The number of hydrogen-bond donors (Lipinski definition) is 1. The van der Waals surface area contributed by atoms with Gasteiger partial charge >= 0.3 is 0 Å². The standard InChI is InChI=1S/C19H25N3O3S/c1-13-4-5-14(26-13)17(24)22-11-7-15-19(12-22,8-6-16(23)20-15)18(25)21-9-2-3-10-21/h4-5,15H,2-3,6-12H2,1H3,(H,20,23)/t15-,19+/m1/s1. The summed E-state index contributed by atoms with van der Waals surface area (Å²) in [5.74, 6) is 0.153. The number of likely N-dealkylation sites (tertiary alicyclic amines) is 2. The smallest absolute Gasteiger partial charge is 0.263 e. The van der Waals surface area contributed by atoms with Gasteiger partial charge in [-0.15, -0.1) is 11.3 Å². The number of aryl methyl sites for hydroxylation is 1. The molecule has 0 unspecified atom stereocenters. The molecule has 26 heavy (non-hydrogen) atoms. The number of fused-ring (bicyclic) bond motifs is 1. The van der Waals surface area contributed by atoms with Crippen LogP contribution in [0, 0.1) is 12.3 Å². The van der Waals surface area contributed by atoms with E-state index in [0.717, 1.165) is 35.7 Å². The van der Waals surface area contributed by atoms with Crippen LogP contribution in [0.15, 0.2) is 12.1 Å². The summed E-state index contributed by atoms with van der Waals surface area (Å²) in [7, 11) is 0. The van der Waals surface area contributed by atoms with Crippen molar-refractivity contribution in [2.24, 2.45) is 5.41 Å². The zero-order valence-corrected chi connectivity index (χ0v) is 15.9. The molecule has 0 aliphatic carbocycles. The molecule has 1 N–H and O–H groups in total. The molecule has 1 aromatic rings. The van der Waals surface area contributed by atoms with Gasteiger partial charge in [0, 0.05) is 43.5 Å². The van der Waals surface area contributed by atoms with Crippen LogP contribution in [0.3, 0.4) is 0 Å². The topological polar surface area (TPSA) is 69.7 Å². The summed E-state index contributed by atoms with van der Waals surface area (Å²) < 4.78 is 0. The second-order valence-corrected chi connectivity index (χ2v) is 8.99. The Balaban J connectivity index is 1.61. The summed E-state index contributed by atoms with van der Waals surface area (Å²) in [4.78, 5) is 43.9. The van der Waals surface area contributed by atoms with Gasteiger partial charge in [0.15, 0.2) is 0 Å². The molecule has 3 amide bonds. The average Bonchev–Trinajstić information content (AvgIpc) is 3.32. The van der Waals surface area contributed by atoms with E-state index in [-0.39, 0.29) is 23.8 Å². The van der Waals surface area contributed by atoms with Crippen molar-refractivity contribution >= 4 is 29.1 Å². The molecule has 6 nitrogen and oxygen atoms in total. The summed E-state index contributed by atoms with van der Waals surface area (Å²) >= 11 is 1.50. The van der Waals surface area contributed by atoms with E-state index >= 15 is 0 Å². The van der Waals surface area contributed by atoms with Crippen molar-refractivity contribution in [3.8, 4) is 0 Å². The molecular weight excluding hydrogens is 350 g/mol. The fourth-order valence-corrected chi connectivity index (χ4v) is 5.43. The molecule has 0 bridgehead atoms. The summed E-state index contributed by atoms with van der Waals surface area (Å²) in [6.45, 7) is 4.56. The van der Waals surface area contributed by atoms with E-state index in [9.17, 15) is 14.4 Å². The van der Waals surface area contributed by atoms with Gasteiger partial charge in [-0.05, 0) is 44.7 Å². The number of amides is 3. The lowest BCUT2D eigenvalue weighted by molar-refractivity contribution is -0.151. The maximum atomic E-state index is 13.4. The number of nitrogens with one attached hydrogen (secondary N) is 1. The molecule has 4 rings (SSSR count). The van der Waals surface area contributed by atoms with E-state index in [2.05, 4.69) is 5.32 Å². The molecule has 3 saturated heterocycles. The molecule has 140 valence electrons. The highest BCUT2D eigenvalue weighted by molar-refractivity contribution is 7.13. The van der Waals surface area contributed by atoms with Gasteiger partial charge in [0.25, 0.3) is 5.91 Å².